The Kier molecular flexibility index (Phi) is 5.26. The van der Waals surface area contributed by atoms with Crippen LogP contribution in [0.1, 0.15) is 36.0 Å². The van der Waals surface area contributed by atoms with Crippen LogP contribution in [0, 0.1) is 12.7 Å². The maximum Gasteiger partial charge on any atom is 0.123 e. The fourth-order valence-electron chi connectivity index (χ4n) is 4.51. The van der Waals surface area contributed by atoms with Crippen LogP contribution in [0.25, 0.3) is 0 Å². The van der Waals surface area contributed by atoms with Crippen LogP contribution in [0.4, 0.5) is 10.1 Å². The summed E-state index contributed by atoms with van der Waals surface area (Å²) in [5.41, 5.74) is 5.60. The Labute approximate surface area is 156 Å². The summed E-state index contributed by atoms with van der Waals surface area (Å²) in [5.74, 6) is -0.146. The van der Waals surface area contributed by atoms with Crippen molar-refractivity contribution in [3.63, 3.8) is 0 Å². The minimum Gasteiger partial charge on any atom is -0.368 e. The minimum absolute atomic E-state index is 0.146. The molecule has 1 saturated heterocycles. The van der Waals surface area contributed by atoms with Crippen LogP contribution < -0.4 is 4.90 Å². The molecule has 2 aromatic carbocycles. The molecule has 2 aliphatic rings. The van der Waals surface area contributed by atoms with Crippen LogP contribution in [-0.2, 0) is 12.8 Å². The van der Waals surface area contributed by atoms with E-state index in [-0.39, 0.29) is 5.82 Å². The monoisotopic (exact) mass is 352 g/mol. The second kappa shape index (κ2) is 7.79. The number of likely N-dealkylation sites (tertiary alicyclic amines) is 1. The third-order valence-electron chi connectivity index (χ3n) is 6.03. The lowest BCUT2D eigenvalue weighted by atomic mass is 10.1. The summed E-state index contributed by atoms with van der Waals surface area (Å²) in [6.07, 6.45) is 6.01. The standard InChI is InChI=1S/C23H29FN2/c1-18-4-7-20-11-16-26(23(20)17-18)22-3-2-13-25(15-12-22)14-10-19-5-8-21(24)9-6-19/h4-9,17,22H,2-3,10-16H2,1H3. The van der Waals surface area contributed by atoms with Crippen molar-refractivity contribution in [2.24, 2.45) is 0 Å². The van der Waals surface area contributed by atoms with Gasteiger partial charge in [-0.25, -0.2) is 4.39 Å². The molecule has 2 nitrogen and oxygen atoms in total. The molecule has 0 saturated carbocycles. The first-order valence-corrected chi connectivity index (χ1v) is 10.0. The molecule has 0 aromatic heterocycles. The Balaban J connectivity index is 1.34. The maximum atomic E-state index is 13.0. The first kappa shape index (κ1) is 17.5. The molecule has 138 valence electrons. The average Bonchev–Trinajstić information content (AvgIpc) is 2.91. The average molecular weight is 352 g/mol. The number of hydrogen-bond donors (Lipinski definition) is 0. The van der Waals surface area contributed by atoms with Crippen molar-refractivity contribution in [1.82, 2.24) is 4.90 Å². The predicted molar refractivity (Wildman–Crippen MR) is 106 cm³/mol. The van der Waals surface area contributed by atoms with E-state index in [1.165, 1.54) is 67.7 Å². The van der Waals surface area contributed by atoms with E-state index in [1.807, 2.05) is 12.1 Å². The van der Waals surface area contributed by atoms with E-state index in [1.54, 1.807) is 12.1 Å². The largest absolute Gasteiger partial charge is 0.368 e. The van der Waals surface area contributed by atoms with Crippen LogP contribution in [0.2, 0.25) is 0 Å². The molecule has 0 bridgehead atoms. The molecule has 3 heteroatoms. The molecule has 0 radical (unpaired) electrons. The summed E-state index contributed by atoms with van der Waals surface area (Å²) >= 11 is 0. The van der Waals surface area contributed by atoms with Crippen molar-refractivity contribution >= 4 is 5.69 Å². The van der Waals surface area contributed by atoms with Crippen molar-refractivity contribution in [1.29, 1.82) is 0 Å². The molecule has 4 rings (SSSR count). The van der Waals surface area contributed by atoms with Gasteiger partial charge in [0.1, 0.15) is 5.82 Å². The van der Waals surface area contributed by atoms with Gasteiger partial charge in [-0.15, -0.1) is 0 Å². The Morgan fingerprint density at radius 2 is 1.85 bits per heavy atom. The number of aryl methyl sites for hydroxylation is 1. The second-order valence-corrected chi connectivity index (χ2v) is 7.88. The third-order valence-corrected chi connectivity index (χ3v) is 6.03. The molecule has 0 aliphatic carbocycles. The number of hydrogen-bond acceptors (Lipinski definition) is 2. The van der Waals surface area contributed by atoms with Gasteiger partial charge in [-0.1, -0.05) is 24.3 Å². The summed E-state index contributed by atoms with van der Waals surface area (Å²) in [6, 6.07) is 14.6. The lowest BCUT2D eigenvalue weighted by molar-refractivity contribution is 0.287. The number of halogens is 1. The Morgan fingerprint density at radius 1 is 1.00 bits per heavy atom. The number of benzene rings is 2. The fourth-order valence-corrected chi connectivity index (χ4v) is 4.51. The summed E-state index contributed by atoms with van der Waals surface area (Å²) in [6.45, 7) is 6.81. The quantitative estimate of drug-likeness (QED) is 0.794. The molecule has 1 fully saturated rings. The van der Waals surface area contributed by atoms with E-state index in [0.29, 0.717) is 6.04 Å². The van der Waals surface area contributed by atoms with E-state index >= 15 is 0 Å². The van der Waals surface area contributed by atoms with Crippen LogP contribution in [0.15, 0.2) is 42.5 Å². The van der Waals surface area contributed by atoms with Crippen LogP contribution in [-0.4, -0.2) is 37.1 Å². The van der Waals surface area contributed by atoms with E-state index in [2.05, 4.69) is 34.9 Å². The smallest absolute Gasteiger partial charge is 0.123 e. The zero-order valence-corrected chi connectivity index (χ0v) is 15.8. The molecule has 0 amide bonds. The Morgan fingerprint density at radius 3 is 2.69 bits per heavy atom. The number of anilines is 1. The van der Waals surface area contributed by atoms with Crippen molar-refractivity contribution in [3.05, 3.63) is 65.0 Å². The highest BCUT2D eigenvalue weighted by Crippen LogP contribution is 2.33. The first-order valence-electron chi connectivity index (χ1n) is 10.0. The van der Waals surface area contributed by atoms with Crippen LogP contribution in [0.5, 0.6) is 0 Å². The minimum atomic E-state index is -0.146. The molecule has 0 N–H and O–H groups in total. The normalized spacial score (nSPS) is 20.8. The second-order valence-electron chi connectivity index (χ2n) is 7.88. The van der Waals surface area contributed by atoms with Gasteiger partial charge >= 0.3 is 0 Å². The highest BCUT2D eigenvalue weighted by molar-refractivity contribution is 5.60. The number of nitrogens with zero attached hydrogens (tertiary/aromatic N) is 2. The number of fused-ring (bicyclic) bond motifs is 1. The Hall–Kier alpha value is -1.87. The molecule has 2 aliphatic heterocycles. The summed E-state index contributed by atoms with van der Waals surface area (Å²) in [4.78, 5) is 5.27. The van der Waals surface area contributed by atoms with Crippen molar-refractivity contribution in [2.45, 2.75) is 45.1 Å². The van der Waals surface area contributed by atoms with E-state index in [0.717, 1.165) is 13.0 Å². The van der Waals surface area contributed by atoms with Crippen molar-refractivity contribution < 1.29 is 4.39 Å². The fraction of sp³-hybridized carbons (Fsp3) is 0.478. The zero-order chi connectivity index (χ0) is 17.9. The van der Waals surface area contributed by atoms with Gasteiger partial charge in [-0.2, -0.15) is 0 Å². The molecule has 26 heavy (non-hydrogen) atoms. The summed E-state index contributed by atoms with van der Waals surface area (Å²) in [5, 5.41) is 0. The van der Waals surface area contributed by atoms with Gasteiger partial charge < -0.3 is 9.80 Å². The molecular weight excluding hydrogens is 323 g/mol. The highest BCUT2D eigenvalue weighted by atomic mass is 19.1. The molecule has 1 atom stereocenters. The van der Waals surface area contributed by atoms with Gasteiger partial charge in [0, 0.05) is 31.4 Å². The first-order chi connectivity index (χ1) is 12.7. The number of rotatable bonds is 4. The van der Waals surface area contributed by atoms with Gasteiger partial charge in [-0.3, -0.25) is 0 Å². The van der Waals surface area contributed by atoms with Crippen molar-refractivity contribution in [3.8, 4) is 0 Å². The topological polar surface area (TPSA) is 6.48 Å². The molecular formula is C23H29FN2. The Bertz CT molecular complexity index is 740. The molecule has 2 aromatic rings. The summed E-state index contributed by atoms with van der Waals surface area (Å²) in [7, 11) is 0. The SMILES string of the molecule is Cc1ccc2c(c1)N(C1CCCN(CCc3ccc(F)cc3)CC1)CC2. The van der Waals surface area contributed by atoms with Gasteiger partial charge in [0.15, 0.2) is 0 Å². The van der Waals surface area contributed by atoms with Crippen molar-refractivity contribution in [2.75, 3.05) is 31.1 Å². The van der Waals surface area contributed by atoms with Gasteiger partial charge in [0.2, 0.25) is 0 Å². The van der Waals surface area contributed by atoms with Gasteiger partial charge in [0.05, 0.1) is 0 Å². The summed E-state index contributed by atoms with van der Waals surface area (Å²) < 4.78 is 13.0. The van der Waals surface area contributed by atoms with E-state index in [9.17, 15) is 4.39 Å². The molecule has 2 heterocycles. The van der Waals surface area contributed by atoms with Crippen LogP contribution >= 0.6 is 0 Å². The van der Waals surface area contributed by atoms with E-state index < -0.39 is 0 Å². The maximum absolute atomic E-state index is 13.0. The van der Waals surface area contributed by atoms with Gasteiger partial charge in [-0.05, 0) is 80.5 Å². The molecule has 0 spiro atoms. The lowest BCUT2D eigenvalue weighted by Crippen LogP contribution is -2.35. The van der Waals surface area contributed by atoms with E-state index in [4.69, 9.17) is 0 Å². The van der Waals surface area contributed by atoms with Gasteiger partial charge in [0.25, 0.3) is 0 Å². The molecule has 1 unspecified atom stereocenters. The zero-order valence-electron chi connectivity index (χ0n) is 15.8. The highest BCUT2D eigenvalue weighted by Gasteiger charge is 2.27. The third kappa shape index (κ3) is 3.93. The lowest BCUT2D eigenvalue weighted by Gasteiger charge is -2.30. The van der Waals surface area contributed by atoms with Crippen LogP contribution in [0.3, 0.4) is 0 Å². The predicted octanol–water partition coefficient (Wildman–Crippen LogP) is 4.59.